The molecular formula is C12H16N2O4. The van der Waals surface area contributed by atoms with Crippen LogP contribution in [0.25, 0.3) is 0 Å². The van der Waals surface area contributed by atoms with Crippen LogP contribution in [0.2, 0.25) is 0 Å². The lowest BCUT2D eigenvalue weighted by Gasteiger charge is -2.08. The van der Waals surface area contributed by atoms with Gasteiger partial charge >= 0.3 is 11.8 Å². The van der Waals surface area contributed by atoms with Crippen LogP contribution in [0.15, 0.2) is 24.3 Å². The second-order valence-corrected chi connectivity index (χ2v) is 3.75. The van der Waals surface area contributed by atoms with Gasteiger partial charge < -0.3 is 20.5 Å². The minimum atomic E-state index is -0.793. The SMILES string of the molecule is COc1cccc(NC(=O)C(=O)NC[C@H](C)O)c1. The highest BCUT2D eigenvalue weighted by Crippen LogP contribution is 2.16. The topological polar surface area (TPSA) is 87.7 Å². The molecule has 2 amide bonds. The molecule has 0 aromatic heterocycles. The van der Waals surface area contributed by atoms with Gasteiger partial charge in [-0.25, -0.2) is 0 Å². The molecule has 0 bridgehead atoms. The fourth-order valence-corrected chi connectivity index (χ4v) is 1.21. The summed E-state index contributed by atoms with van der Waals surface area (Å²) in [4.78, 5) is 22.8. The van der Waals surface area contributed by atoms with Crippen LogP contribution in [0.1, 0.15) is 6.92 Å². The second kappa shape index (κ2) is 6.61. The van der Waals surface area contributed by atoms with Crippen molar-refractivity contribution in [3.63, 3.8) is 0 Å². The molecule has 3 N–H and O–H groups in total. The maximum Gasteiger partial charge on any atom is 0.313 e. The van der Waals surface area contributed by atoms with Gasteiger partial charge in [-0.1, -0.05) is 6.07 Å². The van der Waals surface area contributed by atoms with Crippen LogP contribution in [-0.2, 0) is 9.59 Å². The summed E-state index contributed by atoms with van der Waals surface area (Å²) in [6.45, 7) is 1.55. The largest absolute Gasteiger partial charge is 0.497 e. The lowest BCUT2D eigenvalue weighted by molar-refractivity contribution is -0.136. The zero-order valence-electron chi connectivity index (χ0n) is 10.3. The van der Waals surface area contributed by atoms with Gasteiger partial charge in [0.25, 0.3) is 0 Å². The Morgan fingerprint density at radius 2 is 2.11 bits per heavy atom. The van der Waals surface area contributed by atoms with Crippen LogP contribution >= 0.6 is 0 Å². The van der Waals surface area contributed by atoms with E-state index < -0.39 is 17.9 Å². The summed E-state index contributed by atoms with van der Waals surface area (Å²) in [5.41, 5.74) is 0.464. The fourth-order valence-electron chi connectivity index (χ4n) is 1.21. The van der Waals surface area contributed by atoms with E-state index in [9.17, 15) is 9.59 Å². The van der Waals surface area contributed by atoms with Crippen LogP contribution in [-0.4, -0.2) is 36.7 Å². The molecule has 18 heavy (non-hydrogen) atoms. The number of aliphatic hydroxyl groups is 1. The summed E-state index contributed by atoms with van der Waals surface area (Å²) in [6.07, 6.45) is -0.696. The number of anilines is 1. The number of carbonyl (C=O) groups excluding carboxylic acids is 2. The Bertz CT molecular complexity index is 432. The van der Waals surface area contributed by atoms with Crippen molar-refractivity contribution in [3.8, 4) is 5.75 Å². The third-order valence-electron chi connectivity index (χ3n) is 2.09. The highest BCUT2D eigenvalue weighted by atomic mass is 16.5. The molecule has 0 aliphatic heterocycles. The van der Waals surface area contributed by atoms with E-state index in [1.807, 2.05) is 0 Å². The molecule has 0 radical (unpaired) electrons. The Labute approximate surface area is 105 Å². The maximum absolute atomic E-state index is 11.5. The molecular weight excluding hydrogens is 236 g/mol. The third-order valence-corrected chi connectivity index (χ3v) is 2.09. The second-order valence-electron chi connectivity index (χ2n) is 3.75. The fraction of sp³-hybridized carbons (Fsp3) is 0.333. The van der Waals surface area contributed by atoms with Crippen LogP contribution in [0, 0.1) is 0 Å². The highest BCUT2D eigenvalue weighted by molar-refractivity contribution is 6.39. The summed E-state index contributed by atoms with van der Waals surface area (Å²) >= 11 is 0. The molecule has 1 atom stereocenters. The number of hydrogen-bond acceptors (Lipinski definition) is 4. The average molecular weight is 252 g/mol. The van der Waals surface area contributed by atoms with Gasteiger partial charge in [0, 0.05) is 18.3 Å². The number of benzene rings is 1. The summed E-state index contributed by atoms with van der Waals surface area (Å²) in [7, 11) is 1.51. The zero-order valence-corrected chi connectivity index (χ0v) is 10.3. The predicted octanol–water partition coefficient (Wildman–Crippen LogP) is 0.131. The molecule has 0 fully saturated rings. The van der Waals surface area contributed by atoms with Gasteiger partial charge in [0.1, 0.15) is 5.75 Å². The average Bonchev–Trinajstić information content (AvgIpc) is 2.36. The van der Waals surface area contributed by atoms with E-state index in [0.717, 1.165) is 0 Å². The Kier molecular flexibility index (Phi) is 5.13. The number of nitrogens with one attached hydrogen (secondary N) is 2. The number of hydrogen-bond donors (Lipinski definition) is 3. The summed E-state index contributed by atoms with van der Waals surface area (Å²) in [5, 5.41) is 13.7. The molecule has 6 nitrogen and oxygen atoms in total. The molecule has 1 aromatic carbocycles. The Balaban J connectivity index is 2.55. The Hall–Kier alpha value is -2.08. The maximum atomic E-state index is 11.5. The Morgan fingerprint density at radius 3 is 2.72 bits per heavy atom. The molecule has 0 heterocycles. The first kappa shape index (κ1) is 14.0. The predicted molar refractivity (Wildman–Crippen MR) is 66.3 cm³/mol. The molecule has 1 rings (SSSR count). The minimum absolute atomic E-state index is 0.0321. The van der Waals surface area contributed by atoms with Crippen LogP contribution in [0.3, 0.4) is 0 Å². The van der Waals surface area contributed by atoms with Gasteiger partial charge in [0.2, 0.25) is 0 Å². The Morgan fingerprint density at radius 1 is 1.39 bits per heavy atom. The molecule has 0 aliphatic rings. The van der Waals surface area contributed by atoms with Crippen LogP contribution in [0.4, 0.5) is 5.69 Å². The van der Waals surface area contributed by atoms with Gasteiger partial charge in [0.15, 0.2) is 0 Å². The van der Waals surface area contributed by atoms with E-state index in [1.54, 1.807) is 24.3 Å². The van der Waals surface area contributed by atoms with Gasteiger partial charge in [-0.15, -0.1) is 0 Å². The first-order valence-electron chi connectivity index (χ1n) is 5.44. The van der Waals surface area contributed by atoms with Crippen molar-refractivity contribution in [1.82, 2.24) is 5.32 Å². The molecule has 98 valence electrons. The number of ether oxygens (including phenoxy) is 1. The number of rotatable bonds is 4. The number of methoxy groups -OCH3 is 1. The van der Waals surface area contributed by atoms with E-state index in [0.29, 0.717) is 11.4 Å². The van der Waals surface area contributed by atoms with Crippen molar-refractivity contribution in [2.45, 2.75) is 13.0 Å². The van der Waals surface area contributed by atoms with Gasteiger partial charge in [-0.2, -0.15) is 0 Å². The van der Waals surface area contributed by atoms with E-state index in [2.05, 4.69) is 10.6 Å². The monoisotopic (exact) mass is 252 g/mol. The van der Waals surface area contributed by atoms with Gasteiger partial charge in [0.05, 0.1) is 13.2 Å². The molecule has 0 unspecified atom stereocenters. The van der Waals surface area contributed by atoms with Crippen molar-refractivity contribution in [1.29, 1.82) is 0 Å². The van der Waals surface area contributed by atoms with E-state index in [-0.39, 0.29) is 6.54 Å². The number of amides is 2. The molecule has 1 aromatic rings. The van der Waals surface area contributed by atoms with Crippen molar-refractivity contribution in [3.05, 3.63) is 24.3 Å². The minimum Gasteiger partial charge on any atom is -0.497 e. The first-order valence-corrected chi connectivity index (χ1v) is 5.44. The summed E-state index contributed by atoms with van der Waals surface area (Å²) in [6, 6.07) is 6.66. The van der Waals surface area contributed by atoms with Crippen LogP contribution in [0.5, 0.6) is 5.75 Å². The van der Waals surface area contributed by atoms with E-state index in [1.165, 1.54) is 14.0 Å². The van der Waals surface area contributed by atoms with Gasteiger partial charge in [-0.05, 0) is 19.1 Å². The van der Waals surface area contributed by atoms with E-state index in [4.69, 9.17) is 9.84 Å². The quantitative estimate of drug-likeness (QED) is 0.665. The third kappa shape index (κ3) is 4.42. The lowest BCUT2D eigenvalue weighted by Crippen LogP contribution is -2.38. The molecule has 0 saturated heterocycles. The first-order chi connectivity index (χ1) is 8.52. The highest BCUT2D eigenvalue weighted by Gasteiger charge is 2.13. The molecule has 0 aliphatic carbocycles. The molecule has 6 heteroatoms. The van der Waals surface area contributed by atoms with E-state index >= 15 is 0 Å². The normalized spacial score (nSPS) is 11.5. The molecule has 0 spiro atoms. The number of aliphatic hydroxyl groups excluding tert-OH is 1. The van der Waals surface area contributed by atoms with Gasteiger partial charge in [-0.3, -0.25) is 9.59 Å². The number of carbonyl (C=O) groups is 2. The van der Waals surface area contributed by atoms with Crippen molar-refractivity contribution in [2.24, 2.45) is 0 Å². The van der Waals surface area contributed by atoms with Crippen molar-refractivity contribution < 1.29 is 19.4 Å². The molecule has 0 saturated carbocycles. The van der Waals surface area contributed by atoms with Crippen LogP contribution < -0.4 is 15.4 Å². The lowest BCUT2D eigenvalue weighted by atomic mass is 10.3. The van der Waals surface area contributed by atoms with Crippen molar-refractivity contribution in [2.75, 3.05) is 19.0 Å². The standard InChI is InChI=1S/C12H16N2O4/c1-8(15)7-13-11(16)12(17)14-9-4-3-5-10(6-9)18-2/h3-6,8,15H,7H2,1-2H3,(H,13,16)(H,14,17)/t8-/m0/s1. The smallest absolute Gasteiger partial charge is 0.313 e. The summed E-state index contributed by atoms with van der Waals surface area (Å²) < 4.78 is 4.99. The zero-order chi connectivity index (χ0) is 13.5. The summed E-state index contributed by atoms with van der Waals surface area (Å²) in [5.74, 6) is -1.00. The van der Waals surface area contributed by atoms with Crippen molar-refractivity contribution >= 4 is 17.5 Å².